The summed E-state index contributed by atoms with van der Waals surface area (Å²) in [5.41, 5.74) is 0.0510. The van der Waals surface area contributed by atoms with Crippen LogP contribution < -0.4 is 11.0 Å². The Morgan fingerprint density at radius 2 is 1.96 bits per heavy atom. The van der Waals surface area contributed by atoms with Gasteiger partial charge in [0.25, 0.3) is 0 Å². The van der Waals surface area contributed by atoms with Crippen molar-refractivity contribution in [1.29, 1.82) is 0 Å². The zero-order valence-corrected chi connectivity index (χ0v) is 16.9. The van der Waals surface area contributed by atoms with Crippen LogP contribution in [0.25, 0.3) is 0 Å². The molecular weight excluding hydrogens is 419 g/mol. The van der Waals surface area contributed by atoms with Crippen molar-refractivity contribution in [2.75, 3.05) is 26.2 Å². The second-order valence-corrected chi connectivity index (χ2v) is 6.31. The van der Waals surface area contributed by atoms with E-state index in [1.54, 1.807) is 4.68 Å². The molecule has 0 unspecified atom stereocenters. The van der Waals surface area contributed by atoms with Crippen molar-refractivity contribution in [3.05, 3.63) is 16.3 Å². The number of aliphatic imine (C=N–C) groups is 1. The zero-order valence-electron chi connectivity index (χ0n) is 14.5. The van der Waals surface area contributed by atoms with Crippen molar-refractivity contribution in [1.82, 2.24) is 24.6 Å². The zero-order chi connectivity index (χ0) is 16.1. The number of likely N-dealkylation sites (tertiary alicyclic amines) is 1. The lowest BCUT2D eigenvalue weighted by molar-refractivity contribution is 0.490. The van der Waals surface area contributed by atoms with Gasteiger partial charge in [0.15, 0.2) is 5.96 Å². The van der Waals surface area contributed by atoms with Crippen molar-refractivity contribution in [3.63, 3.8) is 0 Å². The van der Waals surface area contributed by atoms with Gasteiger partial charge in [0.1, 0.15) is 5.82 Å². The van der Waals surface area contributed by atoms with Crippen LogP contribution in [0.3, 0.4) is 0 Å². The molecule has 1 aromatic heterocycles. The van der Waals surface area contributed by atoms with E-state index in [9.17, 15) is 4.79 Å². The predicted molar refractivity (Wildman–Crippen MR) is 106 cm³/mol. The molecule has 1 fully saturated rings. The number of hydrogen-bond acceptors (Lipinski definition) is 3. The SMILES string of the molecule is CCNC(=NCCCn1nc2n(c1=O)CCCC2)N1CCCC1.I. The van der Waals surface area contributed by atoms with Crippen molar-refractivity contribution < 1.29 is 0 Å². The Morgan fingerprint density at radius 1 is 1.21 bits per heavy atom. The molecule has 0 bridgehead atoms. The van der Waals surface area contributed by atoms with Crippen LogP contribution in [0.1, 0.15) is 44.9 Å². The van der Waals surface area contributed by atoms with E-state index in [4.69, 9.17) is 4.99 Å². The first kappa shape index (κ1) is 19.3. The summed E-state index contributed by atoms with van der Waals surface area (Å²) < 4.78 is 3.46. The fourth-order valence-corrected chi connectivity index (χ4v) is 3.35. The van der Waals surface area contributed by atoms with Gasteiger partial charge in [0.05, 0.1) is 0 Å². The molecule has 0 aromatic carbocycles. The number of hydrogen-bond donors (Lipinski definition) is 1. The Hall–Kier alpha value is -1.06. The number of nitrogens with zero attached hydrogens (tertiary/aromatic N) is 5. The first-order valence-corrected chi connectivity index (χ1v) is 8.99. The summed E-state index contributed by atoms with van der Waals surface area (Å²) in [4.78, 5) is 19.3. The molecule has 0 saturated carbocycles. The van der Waals surface area contributed by atoms with Gasteiger partial charge in [0, 0.05) is 45.7 Å². The van der Waals surface area contributed by atoms with Crippen molar-refractivity contribution in [2.45, 2.75) is 58.5 Å². The third-order valence-corrected chi connectivity index (χ3v) is 4.56. The minimum atomic E-state index is 0. The Labute approximate surface area is 160 Å². The lowest BCUT2D eigenvalue weighted by atomic mass is 10.2. The molecule has 0 amide bonds. The van der Waals surface area contributed by atoms with E-state index in [-0.39, 0.29) is 29.7 Å². The van der Waals surface area contributed by atoms with Crippen LogP contribution in [0.5, 0.6) is 0 Å². The minimum Gasteiger partial charge on any atom is -0.357 e. The number of halogens is 1. The van der Waals surface area contributed by atoms with E-state index in [0.717, 1.165) is 70.2 Å². The van der Waals surface area contributed by atoms with Crippen LogP contribution in [0.4, 0.5) is 0 Å². The van der Waals surface area contributed by atoms with Gasteiger partial charge in [-0.05, 0) is 39.0 Å². The maximum absolute atomic E-state index is 12.3. The molecule has 2 aliphatic heterocycles. The largest absolute Gasteiger partial charge is 0.357 e. The molecule has 1 N–H and O–H groups in total. The average Bonchev–Trinajstić information content (AvgIpc) is 3.20. The summed E-state index contributed by atoms with van der Waals surface area (Å²) >= 11 is 0. The van der Waals surface area contributed by atoms with E-state index < -0.39 is 0 Å². The Bertz CT molecular complexity index is 602. The molecule has 8 heteroatoms. The van der Waals surface area contributed by atoms with E-state index >= 15 is 0 Å². The van der Waals surface area contributed by atoms with Crippen LogP contribution in [-0.4, -0.2) is 51.4 Å². The van der Waals surface area contributed by atoms with E-state index in [1.165, 1.54) is 12.8 Å². The summed E-state index contributed by atoms with van der Waals surface area (Å²) in [6, 6.07) is 0. The van der Waals surface area contributed by atoms with Crippen molar-refractivity contribution >= 4 is 29.9 Å². The molecule has 1 aromatic rings. The highest BCUT2D eigenvalue weighted by Gasteiger charge is 2.17. The Kier molecular flexibility index (Phi) is 7.57. The number of nitrogens with one attached hydrogen (secondary N) is 1. The Balaban J connectivity index is 0.00000208. The molecular formula is C16H29IN6O. The standard InChI is InChI=1S/C16H28N6O.HI/c1-2-17-15(20-10-5-6-11-20)18-9-7-13-22-16(23)21-12-4-3-8-14(21)19-22;/h2-13H2,1H3,(H,17,18);1H. The minimum absolute atomic E-state index is 0. The first-order valence-electron chi connectivity index (χ1n) is 8.99. The van der Waals surface area contributed by atoms with Crippen molar-refractivity contribution in [2.24, 2.45) is 4.99 Å². The van der Waals surface area contributed by atoms with Gasteiger partial charge in [-0.3, -0.25) is 9.56 Å². The maximum atomic E-state index is 12.3. The first-order chi connectivity index (χ1) is 11.3. The topological polar surface area (TPSA) is 67.5 Å². The molecule has 2 aliphatic rings. The van der Waals surface area contributed by atoms with Crippen molar-refractivity contribution in [3.8, 4) is 0 Å². The fraction of sp³-hybridized carbons (Fsp3) is 0.812. The molecule has 24 heavy (non-hydrogen) atoms. The number of aromatic nitrogens is 3. The van der Waals surface area contributed by atoms with Gasteiger partial charge < -0.3 is 10.2 Å². The monoisotopic (exact) mass is 448 g/mol. The molecule has 0 radical (unpaired) electrons. The van der Waals surface area contributed by atoms with Crippen LogP contribution >= 0.6 is 24.0 Å². The van der Waals surface area contributed by atoms with Gasteiger partial charge in [0.2, 0.25) is 0 Å². The highest BCUT2D eigenvalue weighted by Crippen LogP contribution is 2.10. The molecule has 1 saturated heterocycles. The normalized spacial score (nSPS) is 17.5. The van der Waals surface area contributed by atoms with E-state index in [1.807, 2.05) is 4.57 Å². The van der Waals surface area contributed by atoms with E-state index in [2.05, 4.69) is 22.2 Å². The third kappa shape index (κ3) is 4.52. The average molecular weight is 448 g/mol. The molecule has 0 aliphatic carbocycles. The van der Waals surface area contributed by atoms with E-state index in [0.29, 0.717) is 6.54 Å². The highest BCUT2D eigenvalue weighted by molar-refractivity contribution is 14.0. The second-order valence-electron chi connectivity index (χ2n) is 6.31. The molecule has 136 valence electrons. The van der Waals surface area contributed by atoms with Crippen LogP contribution in [0.2, 0.25) is 0 Å². The fourth-order valence-electron chi connectivity index (χ4n) is 3.35. The highest BCUT2D eigenvalue weighted by atomic mass is 127. The van der Waals surface area contributed by atoms with Crippen LogP contribution in [0.15, 0.2) is 9.79 Å². The molecule has 7 nitrogen and oxygen atoms in total. The van der Waals surface area contributed by atoms with Crippen LogP contribution in [-0.2, 0) is 19.5 Å². The summed E-state index contributed by atoms with van der Waals surface area (Å²) in [5.74, 6) is 1.97. The molecule has 3 rings (SSSR count). The number of guanidine groups is 1. The molecule has 3 heterocycles. The maximum Gasteiger partial charge on any atom is 0.345 e. The van der Waals surface area contributed by atoms with Gasteiger partial charge in [-0.25, -0.2) is 9.48 Å². The number of fused-ring (bicyclic) bond motifs is 1. The lowest BCUT2D eigenvalue weighted by Gasteiger charge is -2.20. The number of rotatable bonds is 5. The van der Waals surface area contributed by atoms with Gasteiger partial charge in [-0.2, -0.15) is 5.10 Å². The lowest BCUT2D eigenvalue weighted by Crippen LogP contribution is -2.39. The van der Waals surface area contributed by atoms with Gasteiger partial charge >= 0.3 is 5.69 Å². The van der Waals surface area contributed by atoms with Gasteiger partial charge in [-0.1, -0.05) is 0 Å². The summed E-state index contributed by atoms with van der Waals surface area (Å²) in [6.45, 7) is 7.39. The summed E-state index contributed by atoms with van der Waals surface area (Å²) in [7, 11) is 0. The van der Waals surface area contributed by atoms with Crippen LogP contribution in [0, 0.1) is 0 Å². The third-order valence-electron chi connectivity index (χ3n) is 4.56. The quantitative estimate of drug-likeness (QED) is 0.321. The smallest absolute Gasteiger partial charge is 0.345 e. The second kappa shape index (κ2) is 9.43. The summed E-state index contributed by atoms with van der Waals surface area (Å²) in [5, 5.41) is 7.84. The molecule has 0 spiro atoms. The predicted octanol–water partition coefficient (Wildman–Crippen LogP) is 1.45. The Morgan fingerprint density at radius 3 is 2.67 bits per heavy atom. The van der Waals surface area contributed by atoms with Gasteiger partial charge in [-0.15, -0.1) is 24.0 Å². The molecule has 0 atom stereocenters. The number of aryl methyl sites for hydroxylation is 2. The summed E-state index contributed by atoms with van der Waals surface area (Å²) in [6.07, 6.45) is 6.51.